The zero-order valence-corrected chi connectivity index (χ0v) is 11.0. The van der Waals surface area contributed by atoms with Gasteiger partial charge in [0.05, 0.1) is 0 Å². The van der Waals surface area contributed by atoms with Crippen LogP contribution in [0.4, 0.5) is 0 Å². The molecule has 1 fully saturated rings. The average Bonchev–Trinajstić information content (AvgIpc) is 2.85. The van der Waals surface area contributed by atoms with Crippen molar-refractivity contribution in [2.75, 3.05) is 6.54 Å². The number of nitrogens with two attached hydrogens (primary N) is 1. The van der Waals surface area contributed by atoms with E-state index in [-0.39, 0.29) is 5.41 Å². The standard InChI is InChI=1S/C13H22N2S/c1-13(2,12-4-3-7-16-12)9-15-11-6-5-10(14)8-11/h3-4,7,10-11,15H,5-6,8-9,14H2,1-2H3. The first-order valence-corrected chi connectivity index (χ1v) is 6.99. The van der Waals surface area contributed by atoms with E-state index in [1.807, 2.05) is 11.3 Å². The molecule has 0 saturated heterocycles. The molecular formula is C13H22N2S. The molecule has 1 heterocycles. The van der Waals surface area contributed by atoms with E-state index in [1.54, 1.807) is 0 Å². The third-order valence-electron chi connectivity index (χ3n) is 3.49. The lowest BCUT2D eigenvalue weighted by Crippen LogP contribution is -2.38. The van der Waals surface area contributed by atoms with E-state index in [0.29, 0.717) is 12.1 Å². The first-order chi connectivity index (χ1) is 7.58. The Morgan fingerprint density at radius 3 is 2.88 bits per heavy atom. The summed E-state index contributed by atoms with van der Waals surface area (Å²) in [4.78, 5) is 1.46. The van der Waals surface area contributed by atoms with Gasteiger partial charge >= 0.3 is 0 Å². The Morgan fingerprint density at radius 1 is 1.50 bits per heavy atom. The van der Waals surface area contributed by atoms with Gasteiger partial charge in [-0.25, -0.2) is 0 Å². The molecule has 1 aromatic rings. The van der Waals surface area contributed by atoms with Gasteiger partial charge in [0.2, 0.25) is 0 Å². The van der Waals surface area contributed by atoms with Crippen molar-refractivity contribution < 1.29 is 0 Å². The van der Waals surface area contributed by atoms with Crippen LogP contribution in [0.25, 0.3) is 0 Å². The molecule has 0 aliphatic heterocycles. The maximum absolute atomic E-state index is 5.92. The van der Waals surface area contributed by atoms with Crippen LogP contribution in [-0.2, 0) is 5.41 Å². The van der Waals surface area contributed by atoms with Crippen LogP contribution >= 0.6 is 11.3 Å². The molecule has 1 aliphatic carbocycles. The zero-order chi connectivity index (χ0) is 11.6. The number of rotatable bonds is 4. The lowest BCUT2D eigenvalue weighted by atomic mass is 9.91. The van der Waals surface area contributed by atoms with Gasteiger partial charge in [-0.1, -0.05) is 19.9 Å². The molecule has 0 radical (unpaired) electrons. The van der Waals surface area contributed by atoms with Crippen molar-refractivity contribution in [3.63, 3.8) is 0 Å². The minimum Gasteiger partial charge on any atom is -0.328 e. The van der Waals surface area contributed by atoms with E-state index in [4.69, 9.17) is 5.73 Å². The predicted molar refractivity (Wildman–Crippen MR) is 71.0 cm³/mol. The van der Waals surface area contributed by atoms with Crippen molar-refractivity contribution in [1.29, 1.82) is 0 Å². The summed E-state index contributed by atoms with van der Waals surface area (Å²) in [6.45, 7) is 5.66. The summed E-state index contributed by atoms with van der Waals surface area (Å²) in [5.41, 5.74) is 6.16. The van der Waals surface area contributed by atoms with Gasteiger partial charge in [0, 0.05) is 28.9 Å². The lowest BCUT2D eigenvalue weighted by molar-refractivity contribution is 0.422. The summed E-state index contributed by atoms with van der Waals surface area (Å²) in [7, 11) is 0. The molecule has 0 spiro atoms. The SMILES string of the molecule is CC(C)(CNC1CCC(N)C1)c1cccs1. The first-order valence-electron chi connectivity index (χ1n) is 6.11. The van der Waals surface area contributed by atoms with Crippen molar-refractivity contribution in [2.24, 2.45) is 5.73 Å². The fourth-order valence-corrected chi connectivity index (χ4v) is 3.20. The predicted octanol–water partition coefficient (Wildman–Crippen LogP) is 2.50. The molecular weight excluding hydrogens is 216 g/mol. The average molecular weight is 238 g/mol. The van der Waals surface area contributed by atoms with Gasteiger partial charge in [0.15, 0.2) is 0 Å². The Balaban J connectivity index is 1.85. The molecule has 1 aliphatic rings. The van der Waals surface area contributed by atoms with E-state index in [9.17, 15) is 0 Å². The van der Waals surface area contributed by atoms with Crippen LogP contribution in [-0.4, -0.2) is 18.6 Å². The minimum atomic E-state index is 0.237. The number of nitrogens with one attached hydrogen (secondary N) is 1. The second kappa shape index (κ2) is 4.86. The quantitative estimate of drug-likeness (QED) is 0.846. The third-order valence-corrected chi connectivity index (χ3v) is 4.73. The summed E-state index contributed by atoms with van der Waals surface area (Å²) in [5, 5.41) is 5.82. The molecule has 1 saturated carbocycles. The molecule has 2 atom stereocenters. The van der Waals surface area contributed by atoms with E-state index < -0.39 is 0 Å². The maximum atomic E-state index is 5.92. The molecule has 3 heteroatoms. The highest BCUT2D eigenvalue weighted by Gasteiger charge is 2.26. The molecule has 1 aromatic heterocycles. The van der Waals surface area contributed by atoms with Crippen LogP contribution < -0.4 is 11.1 Å². The van der Waals surface area contributed by atoms with Crippen LogP contribution in [0.2, 0.25) is 0 Å². The smallest absolute Gasteiger partial charge is 0.0115 e. The summed E-state index contributed by atoms with van der Waals surface area (Å²) >= 11 is 1.85. The highest BCUT2D eigenvalue weighted by Crippen LogP contribution is 2.27. The van der Waals surface area contributed by atoms with Crippen molar-refractivity contribution in [2.45, 2.75) is 50.6 Å². The second-order valence-electron chi connectivity index (χ2n) is 5.51. The van der Waals surface area contributed by atoms with E-state index in [2.05, 4.69) is 36.7 Å². The molecule has 2 rings (SSSR count). The molecule has 0 aromatic carbocycles. The third kappa shape index (κ3) is 2.84. The Kier molecular flexibility index (Phi) is 3.67. The Morgan fingerprint density at radius 2 is 2.31 bits per heavy atom. The Labute approximate surface area is 102 Å². The molecule has 2 nitrogen and oxygen atoms in total. The normalized spacial score (nSPS) is 26.2. The summed E-state index contributed by atoms with van der Waals surface area (Å²) in [6, 6.07) is 5.41. The van der Waals surface area contributed by atoms with Gasteiger partial charge in [-0.05, 0) is 30.7 Å². The summed E-state index contributed by atoms with van der Waals surface area (Å²) < 4.78 is 0. The fraction of sp³-hybridized carbons (Fsp3) is 0.692. The minimum absolute atomic E-state index is 0.237. The molecule has 0 amide bonds. The largest absolute Gasteiger partial charge is 0.328 e. The molecule has 2 unspecified atom stereocenters. The van der Waals surface area contributed by atoms with Crippen LogP contribution in [0.15, 0.2) is 17.5 Å². The van der Waals surface area contributed by atoms with Crippen LogP contribution in [0.5, 0.6) is 0 Å². The van der Waals surface area contributed by atoms with Gasteiger partial charge in [0.25, 0.3) is 0 Å². The summed E-state index contributed by atoms with van der Waals surface area (Å²) in [6.07, 6.45) is 3.55. The van der Waals surface area contributed by atoms with Crippen molar-refractivity contribution in [3.05, 3.63) is 22.4 Å². The highest BCUT2D eigenvalue weighted by atomic mass is 32.1. The van der Waals surface area contributed by atoms with Gasteiger partial charge in [-0.3, -0.25) is 0 Å². The number of hydrogen-bond acceptors (Lipinski definition) is 3. The number of hydrogen-bond donors (Lipinski definition) is 2. The molecule has 0 bridgehead atoms. The monoisotopic (exact) mass is 238 g/mol. The van der Waals surface area contributed by atoms with Crippen LogP contribution in [0, 0.1) is 0 Å². The van der Waals surface area contributed by atoms with Gasteiger partial charge in [0.1, 0.15) is 0 Å². The number of thiophene rings is 1. The van der Waals surface area contributed by atoms with Crippen molar-refractivity contribution >= 4 is 11.3 Å². The Hall–Kier alpha value is -0.380. The molecule has 3 N–H and O–H groups in total. The van der Waals surface area contributed by atoms with Crippen LogP contribution in [0.3, 0.4) is 0 Å². The van der Waals surface area contributed by atoms with Crippen LogP contribution in [0.1, 0.15) is 38.0 Å². The molecule has 90 valence electrons. The fourth-order valence-electron chi connectivity index (χ4n) is 2.35. The maximum Gasteiger partial charge on any atom is 0.0115 e. The Bertz CT molecular complexity index is 319. The highest BCUT2D eigenvalue weighted by molar-refractivity contribution is 7.10. The van der Waals surface area contributed by atoms with Gasteiger partial charge in [-0.15, -0.1) is 11.3 Å². The van der Waals surface area contributed by atoms with E-state index >= 15 is 0 Å². The molecule has 16 heavy (non-hydrogen) atoms. The van der Waals surface area contributed by atoms with E-state index in [0.717, 1.165) is 13.0 Å². The second-order valence-corrected chi connectivity index (χ2v) is 6.46. The van der Waals surface area contributed by atoms with Gasteiger partial charge in [-0.2, -0.15) is 0 Å². The van der Waals surface area contributed by atoms with E-state index in [1.165, 1.54) is 17.7 Å². The van der Waals surface area contributed by atoms with Crippen molar-refractivity contribution in [3.8, 4) is 0 Å². The van der Waals surface area contributed by atoms with Gasteiger partial charge < -0.3 is 11.1 Å². The first kappa shape index (κ1) is 12.1. The topological polar surface area (TPSA) is 38.0 Å². The zero-order valence-electron chi connectivity index (χ0n) is 10.2. The van der Waals surface area contributed by atoms with Crippen molar-refractivity contribution in [1.82, 2.24) is 5.32 Å². The lowest BCUT2D eigenvalue weighted by Gasteiger charge is -2.26. The summed E-state index contributed by atoms with van der Waals surface area (Å²) in [5.74, 6) is 0.